The predicted molar refractivity (Wildman–Crippen MR) is 64.0 cm³/mol. The Balaban J connectivity index is 2.83. The fourth-order valence-corrected chi connectivity index (χ4v) is 1.06. The second kappa shape index (κ2) is 4.87. The van der Waals surface area contributed by atoms with E-state index in [4.69, 9.17) is 10.5 Å². The Labute approximate surface area is 100 Å². The number of nitrogens with two attached hydrogens (primary N) is 1. The average Bonchev–Trinajstić information content (AvgIpc) is 2.21. The number of halogens is 2. The minimum Gasteiger partial charge on any atom is -0.489 e. The third-order valence-corrected chi connectivity index (χ3v) is 2.85. The number of likely N-dealkylation sites (N-methyl/N-ethyl adjacent to an activating group) is 1. The van der Waals surface area contributed by atoms with Crippen molar-refractivity contribution in [1.29, 1.82) is 0 Å². The average molecular weight is 244 g/mol. The van der Waals surface area contributed by atoms with Gasteiger partial charge in [0.25, 0.3) is 0 Å². The zero-order chi connectivity index (χ0) is 13.2. The summed E-state index contributed by atoms with van der Waals surface area (Å²) in [5.41, 5.74) is 5.06. The van der Waals surface area contributed by atoms with E-state index in [1.54, 1.807) is 0 Å². The summed E-state index contributed by atoms with van der Waals surface area (Å²) in [5.74, 6) is -1.46. The molecule has 0 heterocycles. The van der Waals surface area contributed by atoms with E-state index >= 15 is 0 Å². The van der Waals surface area contributed by atoms with Crippen molar-refractivity contribution in [2.45, 2.75) is 19.4 Å². The standard InChI is InChI=1S/C12H18F2N2O/c1-12(2,16(3)4)7-17-10-6-8(13)5-9(14)11(10)15/h5-6H,7,15H2,1-4H3. The zero-order valence-electron chi connectivity index (χ0n) is 10.6. The normalized spacial score (nSPS) is 11.9. The van der Waals surface area contributed by atoms with Crippen LogP contribution < -0.4 is 10.5 Å². The molecule has 96 valence electrons. The number of nitrogens with zero attached hydrogens (tertiary/aromatic N) is 1. The molecular weight excluding hydrogens is 226 g/mol. The second-order valence-corrected chi connectivity index (χ2v) is 4.79. The summed E-state index contributed by atoms with van der Waals surface area (Å²) in [6, 6.07) is 1.82. The van der Waals surface area contributed by atoms with Crippen LogP contribution >= 0.6 is 0 Å². The molecule has 0 aliphatic heterocycles. The summed E-state index contributed by atoms with van der Waals surface area (Å²) >= 11 is 0. The Kier molecular flexibility index (Phi) is 3.93. The van der Waals surface area contributed by atoms with E-state index in [1.807, 2.05) is 32.8 Å². The Bertz CT molecular complexity index is 406. The quantitative estimate of drug-likeness (QED) is 0.826. The Morgan fingerprint density at radius 2 is 1.88 bits per heavy atom. The van der Waals surface area contributed by atoms with Gasteiger partial charge in [-0.2, -0.15) is 0 Å². The third kappa shape index (κ3) is 3.30. The minimum absolute atomic E-state index is 0.0393. The molecule has 0 amide bonds. The summed E-state index contributed by atoms with van der Waals surface area (Å²) in [5, 5.41) is 0. The molecule has 3 nitrogen and oxygen atoms in total. The highest BCUT2D eigenvalue weighted by molar-refractivity contribution is 5.53. The van der Waals surface area contributed by atoms with Crippen molar-refractivity contribution in [1.82, 2.24) is 4.90 Å². The van der Waals surface area contributed by atoms with Gasteiger partial charge in [-0.15, -0.1) is 0 Å². The maximum Gasteiger partial charge on any atom is 0.152 e. The second-order valence-electron chi connectivity index (χ2n) is 4.79. The fourth-order valence-electron chi connectivity index (χ4n) is 1.06. The largest absolute Gasteiger partial charge is 0.489 e. The molecule has 1 rings (SSSR count). The van der Waals surface area contributed by atoms with Gasteiger partial charge in [-0.05, 0) is 27.9 Å². The molecule has 1 aromatic rings. The van der Waals surface area contributed by atoms with Crippen LogP contribution in [0.3, 0.4) is 0 Å². The van der Waals surface area contributed by atoms with Crippen molar-refractivity contribution in [2.75, 3.05) is 26.4 Å². The number of ether oxygens (including phenoxy) is 1. The van der Waals surface area contributed by atoms with E-state index in [0.717, 1.165) is 12.1 Å². The molecule has 0 unspecified atom stereocenters. The van der Waals surface area contributed by atoms with Crippen LogP contribution in [0.1, 0.15) is 13.8 Å². The van der Waals surface area contributed by atoms with Gasteiger partial charge in [0.2, 0.25) is 0 Å². The molecule has 0 fully saturated rings. The Morgan fingerprint density at radius 1 is 1.29 bits per heavy atom. The molecule has 0 aliphatic rings. The molecule has 5 heteroatoms. The summed E-state index contributed by atoms with van der Waals surface area (Å²) in [4.78, 5) is 1.96. The van der Waals surface area contributed by atoms with Gasteiger partial charge >= 0.3 is 0 Å². The number of hydrogen-bond acceptors (Lipinski definition) is 3. The number of benzene rings is 1. The number of anilines is 1. The Morgan fingerprint density at radius 3 is 2.41 bits per heavy atom. The van der Waals surface area contributed by atoms with Crippen LogP contribution in [0.4, 0.5) is 14.5 Å². The molecule has 0 saturated carbocycles. The molecule has 0 aliphatic carbocycles. The predicted octanol–water partition coefficient (Wildman–Crippen LogP) is 2.27. The first-order valence-electron chi connectivity index (χ1n) is 5.29. The first-order chi connectivity index (χ1) is 7.74. The molecular formula is C12H18F2N2O. The summed E-state index contributed by atoms with van der Waals surface area (Å²) in [7, 11) is 3.80. The van der Waals surface area contributed by atoms with Gasteiger partial charge in [0.15, 0.2) is 5.82 Å². The molecule has 0 aromatic heterocycles. The van der Waals surface area contributed by atoms with E-state index in [2.05, 4.69) is 0 Å². The number of nitrogen functional groups attached to an aromatic ring is 1. The summed E-state index contributed by atoms with van der Waals surface area (Å²) in [6.45, 7) is 4.20. The van der Waals surface area contributed by atoms with Gasteiger partial charge in [0.05, 0.1) is 0 Å². The smallest absolute Gasteiger partial charge is 0.152 e. The van der Waals surface area contributed by atoms with E-state index in [-0.39, 0.29) is 23.6 Å². The fraction of sp³-hybridized carbons (Fsp3) is 0.500. The van der Waals surface area contributed by atoms with Crippen molar-refractivity contribution in [3.8, 4) is 5.75 Å². The molecule has 2 N–H and O–H groups in total. The minimum atomic E-state index is -0.803. The van der Waals surface area contributed by atoms with E-state index in [1.165, 1.54) is 0 Å². The van der Waals surface area contributed by atoms with E-state index in [9.17, 15) is 8.78 Å². The molecule has 1 aromatic carbocycles. The molecule has 17 heavy (non-hydrogen) atoms. The topological polar surface area (TPSA) is 38.5 Å². The highest BCUT2D eigenvalue weighted by Gasteiger charge is 2.22. The molecule has 0 spiro atoms. The van der Waals surface area contributed by atoms with E-state index in [0.29, 0.717) is 0 Å². The summed E-state index contributed by atoms with van der Waals surface area (Å²) in [6.07, 6.45) is 0. The SMILES string of the molecule is CN(C)C(C)(C)COc1cc(F)cc(F)c1N. The summed E-state index contributed by atoms with van der Waals surface area (Å²) < 4.78 is 31.5. The van der Waals surface area contributed by atoms with Crippen LogP contribution in [-0.4, -0.2) is 31.1 Å². The van der Waals surface area contributed by atoms with Gasteiger partial charge in [-0.1, -0.05) is 0 Å². The van der Waals surface area contributed by atoms with Gasteiger partial charge in [0, 0.05) is 17.7 Å². The zero-order valence-corrected chi connectivity index (χ0v) is 10.6. The highest BCUT2D eigenvalue weighted by atomic mass is 19.1. The van der Waals surface area contributed by atoms with E-state index < -0.39 is 11.6 Å². The van der Waals surface area contributed by atoms with Gasteiger partial charge < -0.3 is 15.4 Å². The lowest BCUT2D eigenvalue weighted by atomic mass is 10.1. The molecule has 0 atom stereocenters. The van der Waals surface area contributed by atoms with Crippen molar-refractivity contribution in [3.63, 3.8) is 0 Å². The van der Waals surface area contributed by atoms with Crippen LogP contribution in [0.2, 0.25) is 0 Å². The van der Waals surface area contributed by atoms with Crippen molar-refractivity contribution in [3.05, 3.63) is 23.8 Å². The third-order valence-electron chi connectivity index (χ3n) is 2.85. The maximum atomic E-state index is 13.2. The van der Waals surface area contributed by atoms with Crippen LogP contribution in [0, 0.1) is 11.6 Å². The first-order valence-corrected chi connectivity index (χ1v) is 5.29. The van der Waals surface area contributed by atoms with Gasteiger partial charge in [-0.3, -0.25) is 0 Å². The van der Waals surface area contributed by atoms with Crippen molar-refractivity contribution >= 4 is 5.69 Å². The number of hydrogen-bond donors (Lipinski definition) is 1. The van der Waals surface area contributed by atoms with Crippen LogP contribution in [0.5, 0.6) is 5.75 Å². The van der Waals surface area contributed by atoms with Crippen molar-refractivity contribution < 1.29 is 13.5 Å². The van der Waals surface area contributed by atoms with Gasteiger partial charge in [0.1, 0.15) is 23.9 Å². The molecule has 0 saturated heterocycles. The van der Waals surface area contributed by atoms with Crippen LogP contribution in [-0.2, 0) is 0 Å². The monoisotopic (exact) mass is 244 g/mol. The molecule has 0 radical (unpaired) electrons. The van der Waals surface area contributed by atoms with Gasteiger partial charge in [-0.25, -0.2) is 8.78 Å². The maximum absolute atomic E-state index is 13.2. The lowest BCUT2D eigenvalue weighted by molar-refractivity contribution is 0.114. The molecule has 0 bridgehead atoms. The lowest BCUT2D eigenvalue weighted by Gasteiger charge is -2.32. The highest BCUT2D eigenvalue weighted by Crippen LogP contribution is 2.27. The Hall–Kier alpha value is -1.36. The van der Waals surface area contributed by atoms with Crippen LogP contribution in [0.25, 0.3) is 0 Å². The first kappa shape index (κ1) is 13.7. The lowest BCUT2D eigenvalue weighted by Crippen LogP contribution is -2.43. The van der Waals surface area contributed by atoms with Crippen LogP contribution in [0.15, 0.2) is 12.1 Å². The number of rotatable bonds is 4. The van der Waals surface area contributed by atoms with Crippen molar-refractivity contribution in [2.24, 2.45) is 0 Å².